The number of carbonyl (C=O) groups excluding carboxylic acids is 2. The van der Waals surface area contributed by atoms with Crippen LogP contribution in [0.5, 0.6) is 0 Å². The molecule has 2 aromatic carbocycles. The number of anilines is 1. The molecule has 1 aliphatic rings. The molecule has 0 radical (unpaired) electrons. The first-order valence-corrected chi connectivity index (χ1v) is 9.60. The van der Waals surface area contributed by atoms with E-state index in [0.717, 1.165) is 5.56 Å². The van der Waals surface area contributed by atoms with Gasteiger partial charge in [-0.05, 0) is 54.6 Å². The maximum atomic E-state index is 12.2. The molecule has 0 saturated carbocycles. The number of hydrogen-bond donors (Lipinski definition) is 1. The Kier molecular flexibility index (Phi) is 5.44. The molecule has 0 saturated heterocycles. The van der Waals surface area contributed by atoms with Crippen molar-refractivity contribution in [2.75, 3.05) is 5.32 Å². The number of furan rings is 1. The van der Waals surface area contributed by atoms with Crippen molar-refractivity contribution in [3.63, 3.8) is 0 Å². The maximum absolute atomic E-state index is 12.2. The molecule has 0 atom stereocenters. The first-order chi connectivity index (χ1) is 14.4. The minimum absolute atomic E-state index is 0.117. The van der Waals surface area contributed by atoms with Gasteiger partial charge in [0, 0.05) is 29.8 Å². The molecule has 1 amide bonds. The molecular weight excluding hydrogens is 427 g/mol. The van der Waals surface area contributed by atoms with E-state index in [4.69, 9.17) is 32.4 Å². The van der Waals surface area contributed by atoms with Crippen LogP contribution in [0.3, 0.4) is 0 Å². The normalized spacial score (nSPS) is 14.6. The van der Waals surface area contributed by atoms with E-state index in [1.807, 2.05) is 0 Å². The van der Waals surface area contributed by atoms with Crippen molar-refractivity contribution in [2.45, 2.75) is 6.92 Å². The summed E-state index contributed by atoms with van der Waals surface area (Å²) in [6.45, 7) is 1.43. The van der Waals surface area contributed by atoms with Crippen molar-refractivity contribution in [3.8, 4) is 11.3 Å². The first-order valence-electron chi connectivity index (χ1n) is 8.85. The molecule has 30 heavy (non-hydrogen) atoms. The molecule has 1 aromatic heterocycles. The smallest absolute Gasteiger partial charge is 0.363 e. The number of benzene rings is 2. The largest absolute Gasteiger partial charge is 0.457 e. The van der Waals surface area contributed by atoms with Crippen LogP contribution >= 0.6 is 23.2 Å². The highest BCUT2D eigenvalue weighted by atomic mass is 35.5. The van der Waals surface area contributed by atoms with Gasteiger partial charge in [0.1, 0.15) is 11.5 Å². The van der Waals surface area contributed by atoms with E-state index in [9.17, 15) is 9.59 Å². The van der Waals surface area contributed by atoms with Crippen molar-refractivity contribution < 1.29 is 18.7 Å². The van der Waals surface area contributed by atoms with Crippen LogP contribution in [0.1, 0.15) is 18.2 Å². The Morgan fingerprint density at radius 3 is 2.43 bits per heavy atom. The number of aliphatic imine (C=N–C) groups is 1. The van der Waals surface area contributed by atoms with Gasteiger partial charge in [0.15, 0.2) is 5.70 Å². The second-order valence-electron chi connectivity index (χ2n) is 6.43. The van der Waals surface area contributed by atoms with Crippen LogP contribution in [0.15, 0.2) is 69.7 Å². The number of rotatable bonds is 4. The van der Waals surface area contributed by atoms with Gasteiger partial charge < -0.3 is 14.5 Å². The third kappa shape index (κ3) is 4.30. The number of hydrogen-bond acceptors (Lipinski definition) is 5. The van der Waals surface area contributed by atoms with E-state index in [-0.39, 0.29) is 17.5 Å². The van der Waals surface area contributed by atoms with Crippen molar-refractivity contribution in [2.24, 2.45) is 4.99 Å². The zero-order valence-corrected chi connectivity index (χ0v) is 17.1. The number of ether oxygens (including phenoxy) is 1. The van der Waals surface area contributed by atoms with Gasteiger partial charge in [-0.25, -0.2) is 9.79 Å². The monoisotopic (exact) mass is 440 g/mol. The number of halogens is 2. The van der Waals surface area contributed by atoms with Gasteiger partial charge in [-0.1, -0.05) is 23.2 Å². The number of cyclic esters (lactones) is 1. The van der Waals surface area contributed by atoms with Gasteiger partial charge in [0.05, 0.1) is 10.0 Å². The summed E-state index contributed by atoms with van der Waals surface area (Å²) in [6.07, 6.45) is 1.50. The Morgan fingerprint density at radius 1 is 1.00 bits per heavy atom. The Balaban J connectivity index is 1.56. The summed E-state index contributed by atoms with van der Waals surface area (Å²) in [7, 11) is 0. The number of amides is 1. The summed E-state index contributed by atoms with van der Waals surface area (Å²) >= 11 is 12.0. The molecule has 0 spiro atoms. The average molecular weight is 441 g/mol. The number of esters is 1. The van der Waals surface area contributed by atoms with E-state index in [0.29, 0.717) is 32.8 Å². The Hall–Kier alpha value is -3.35. The van der Waals surface area contributed by atoms with Gasteiger partial charge in [-0.3, -0.25) is 4.79 Å². The highest BCUT2D eigenvalue weighted by molar-refractivity contribution is 6.42. The van der Waals surface area contributed by atoms with E-state index < -0.39 is 5.97 Å². The quantitative estimate of drug-likeness (QED) is 0.425. The maximum Gasteiger partial charge on any atom is 0.363 e. The number of nitrogens with zero attached hydrogens (tertiary/aromatic N) is 1. The molecule has 2 heterocycles. The fraction of sp³-hybridized carbons (Fsp3) is 0.0455. The summed E-state index contributed by atoms with van der Waals surface area (Å²) in [5.41, 5.74) is 2.12. The van der Waals surface area contributed by atoms with Crippen molar-refractivity contribution in [1.82, 2.24) is 0 Å². The summed E-state index contributed by atoms with van der Waals surface area (Å²) in [4.78, 5) is 27.6. The van der Waals surface area contributed by atoms with Crippen LogP contribution in [0, 0.1) is 0 Å². The van der Waals surface area contributed by atoms with Gasteiger partial charge >= 0.3 is 5.97 Å². The van der Waals surface area contributed by atoms with Crippen LogP contribution in [0.25, 0.3) is 17.4 Å². The molecule has 0 aliphatic carbocycles. The van der Waals surface area contributed by atoms with E-state index in [2.05, 4.69) is 10.3 Å². The average Bonchev–Trinajstić information content (AvgIpc) is 3.32. The van der Waals surface area contributed by atoms with Crippen LogP contribution in [-0.2, 0) is 14.3 Å². The van der Waals surface area contributed by atoms with Crippen LogP contribution in [0.2, 0.25) is 10.0 Å². The van der Waals surface area contributed by atoms with Crippen LogP contribution in [0.4, 0.5) is 5.69 Å². The third-order valence-corrected chi connectivity index (χ3v) is 4.92. The lowest BCUT2D eigenvalue weighted by atomic mass is 10.2. The molecule has 1 aliphatic heterocycles. The Morgan fingerprint density at radius 2 is 1.73 bits per heavy atom. The lowest BCUT2D eigenvalue weighted by molar-refractivity contribution is -0.130. The second kappa shape index (κ2) is 8.18. The van der Waals surface area contributed by atoms with Gasteiger partial charge in [0.25, 0.3) is 0 Å². The van der Waals surface area contributed by atoms with Crippen LogP contribution < -0.4 is 5.32 Å². The van der Waals surface area contributed by atoms with E-state index in [1.54, 1.807) is 54.6 Å². The Labute approximate surface area is 181 Å². The SMILES string of the molecule is CC(=O)Nc1ccc(C2=N/C(=C\c3ccc(-c4ccc(Cl)c(Cl)c4)o3)C(=O)O2)cc1. The number of carbonyl (C=O) groups is 2. The molecule has 0 unspecified atom stereocenters. The third-order valence-electron chi connectivity index (χ3n) is 4.18. The molecule has 8 heteroatoms. The van der Waals surface area contributed by atoms with Crippen molar-refractivity contribution in [3.05, 3.63) is 81.7 Å². The lowest BCUT2D eigenvalue weighted by Gasteiger charge is -2.03. The fourth-order valence-electron chi connectivity index (χ4n) is 2.80. The minimum Gasteiger partial charge on any atom is -0.457 e. The number of nitrogens with one attached hydrogen (secondary N) is 1. The molecule has 0 fully saturated rings. The van der Waals surface area contributed by atoms with Gasteiger partial charge in [0.2, 0.25) is 11.8 Å². The Bertz CT molecular complexity index is 1210. The van der Waals surface area contributed by atoms with E-state index in [1.165, 1.54) is 13.0 Å². The molecule has 150 valence electrons. The summed E-state index contributed by atoms with van der Waals surface area (Å²) in [5.74, 6) is 0.440. The topological polar surface area (TPSA) is 80.9 Å². The highest BCUT2D eigenvalue weighted by Gasteiger charge is 2.24. The van der Waals surface area contributed by atoms with Crippen LogP contribution in [-0.4, -0.2) is 17.8 Å². The summed E-state index contributed by atoms with van der Waals surface area (Å²) in [5, 5.41) is 3.54. The predicted octanol–water partition coefficient (Wildman–Crippen LogP) is 5.56. The summed E-state index contributed by atoms with van der Waals surface area (Å²) < 4.78 is 11.0. The van der Waals surface area contributed by atoms with Crippen molar-refractivity contribution in [1.29, 1.82) is 0 Å². The first kappa shape index (κ1) is 19.9. The summed E-state index contributed by atoms with van der Waals surface area (Å²) in [6, 6.07) is 15.5. The standard InChI is InChI=1S/C22H14Cl2N2O4/c1-12(27)25-15-5-2-13(3-6-15)21-26-19(22(28)30-21)11-16-7-9-20(29-16)14-4-8-17(23)18(24)10-14/h2-11H,1H3,(H,25,27)/b19-11-. The zero-order chi connectivity index (χ0) is 21.3. The molecule has 1 N–H and O–H groups in total. The highest BCUT2D eigenvalue weighted by Crippen LogP contribution is 2.30. The minimum atomic E-state index is -0.580. The molecule has 4 rings (SSSR count). The fourth-order valence-corrected chi connectivity index (χ4v) is 3.10. The van der Waals surface area contributed by atoms with Crippen molar-refractivity contribution >= 4 is 52.7 Å². The predicted molar refractivity (Wildman–Crippen MR) is 116 cm³/mol. The molecule has 0 bridgehead atoms. The lowest BCUT2D eigenvalue weighted by Crippen LogP contribution is -2.07. The van der Waals surface area contributed by atoms with E-state index >= 15 is 0 Å². The zero-order valence-electron chi connectivity index (χ0n) is 15.6. The molecule has 3 aromatic rings. The molecular formula is C22H14Cl2N2O4. The second-order valence-corrected chi connectivity index (χ2v) is 7.24. The van der Waals surface area contributed by atoms with Gasteiger partial charge in [-0.15, -0.1) is 0 Å². The molecule has 6 nitrogen and oxygen atoms in total. The van der Waals surface area contributed by atoms with Gasteiger partial charge in [-0.2, -0.15) is 0 Å².